The molecule has 0 aliphatic rings. The normalized spacial score (nSPS) is 10.6. The highest BCUT2D eigenvalue weighted by Gasteiger charge is 2.16. The average molecular weight is 451 g/mol. The Morgan fingerprint density at radius 2 is 1.74 bits per heavy atom. The van der Waals surface area contributed by atoms with Crippen molar-refractivity contribution in [1.82, 2.24) is 14.9 Å². The summed E-state index contributed by atoms with van der Waals surface area (Å²) >= 11 is 2.67. The molecule has 8 nitrogen and oxygen atoms in total. The number of benzene rings is 2. The molecule has 31 heavy (non-hydrogen) atoms. The maximum atomic E-state index is 12.7. The second-order valence-corrected chi connectivity index (χ2v) is 8.25. The Morgan fingerprint density at radius 1 is 0.968 bits per heavy atom. The lowest BCUT2D eigenvalue weighted by molar-refractivity contribution is -0.113. The summed E-state index contributed by atoms with van der Waals surface area (Å²) in [4.78, 5) is 26.0. The zero-order valence-corrected chi connectivity index (χ0v) is 17.8. The number of hydrogen-bond acceptors (Lipinski definition) is 7. The number of para-hydroxylation sites is 2. The molecule has 0 unspecified atom stereocenters. The molecule has 0 aliphatic carbocycles. The third kappa shape index (κ3) is 4.93. The maximum absolute atomic E-state index is 12.7. The Hall–Kier alpha value is -3.63. The van der Waals surface area contributed by atoms with Crippen molar-refractivity contribution in [2.45, 2.75) is 5.16 Å². The van der Waals surface area contributed by atoms with E-state index in [1.165, 1.54) is 27.8 Å². The molecule has 0 radical (unpaired) electrons. The fourth-order valence-electron chi connectivity index (χ4n) is 2.78. The minimum absolute atomic E-state index is 0.0639. The molecule has 0 atom stereocenters. The van der Waals surface area contributed by atoms with Crippen molar-refractivity contribution in [3.8, 4) is 10.7 Å². The van der Waals surface area contributed by atoms with Crippen LogP contribution in [0.15, 0.2) is 77.3 Å². The number of amides is 2. The van der Waals surface area contributed by atoms with Gasteiger partial charge >= 0.3 is 0 Å². The first kappa shape index (κ1) is 20.6. The van der Waals surface area contributed by atoms with Crippen LogP contribution in [0.25, 0.3) is 10.7 Å². The Morgan fingerprint density at radius 3 is 2.52 bits per heavy atom. The number of rotatable bonds is 7. The molecule has 0 bridgehead atoms. The van der Waals surface area contributed by atoms with Gasteiger partial charge in [0.05, 0.1) is 21.9 Å². The van der Waals surface area contributed by atoms with Crippen molar-refractivity contribution in [3.63, 3.8) is 0 Å². The maximum Gasteiger partial charge on any atom is 0.257 e. The molecule has 2 aromatic carbocycles. The van der Waals surface area contributed by atoms with Crippen LogP contribution in [-0.4, -0.2) is 32.4 Å². The fraction of sp³-hybridized carbons (Fsp3) is 0.0476. The van der Waals surface area contributed by atoms with Gasteiger partial charge in [0.15, 0.2) is 5.82 Å². The summed E-state index contributed by atoms with van der Waals surface area (Å²) in [5, 5.41) is 16.1. The number of nitrogens with zero attached hydrogens (tertiary/aromatic N) is 3. The molecule has 2 heterocycles. The highest BCUT2D eigenvalue weighted by atomic mass is 32.2. The average Bonchev–Trinajstić information content (AvgIpc) is 3.43. The first-order chi connectivity index (χ1) is 15.1. The summed E-state index contributed by atoms with van der Waals surface area (Å²) in [6.07, 6.45) is 0. The van der Waals surface area contributed by atoms with Crippen LogP contribution in [0.4, 0.5) is 11.4 Å². The fourth-order valence-corrected chi connectivity index (χ4v) is 4.14. The van der Waals surface area contributed by atoms with Gasteiger partial charge in [0.25, 0.3) is 5.91 Å². The molecule has 156 valence electrons. The van der Waals surface area contributed by atoms with Crippen LogP contribution < -0.4 is 16.5 Å². The van der Waals surface area contributed by atoms with Crippen molar-refractivity contribution >= 4 is 46.3 Å². The van der Waals surface area contributed by atoms with E-state index in [1.807, 2.05) is 35.7 Å². The Kier molecular flexibility index (Phi) is 6.29. The van der Waals surface area contributed by atoms with Gasteiger partial charge in [-0.2, -0.15) is 0 Å². The van der Waals surface area contributed by atoms with Crippen LogP contribution in [0.1, 0.15) is 10.4 Å². The molecule has 0 spiro atoms. The van der Waals surface area contributed by atoms with E-state index in [2.05, 4.69) is 20.8 Å². The summed E-state index contributed by atoms with van der Waals surface area (Å²) in [5.41, 5.74) is 1.47. The van der Waals surface area contributed by atoms with E-state index in [4.69, 9.17) is 5.84 Å². The van der Waals surface area contributed by atoms with Crippen molar-refractivity contribution in [3.05, 3.63) is 77.7 Å². The number of aromatic nitrogens is 3. The molecule has 0 saturated carbocycles. The van der Waals surface area contributed by atoms with E-state index in [0.29, 0.717) is 27.9 Å². The summed E-state index contributed by atoms with van der Waals surface area (Å²) in [7, 11) is 0. The number of nitrogens with two attached hydrogens (primary N) is 1. The Balaban J connectivity index is 1.40. The van der Waals surface area contributed by atoms with E-state index in [-0.39, 0.29) is 17.6 Å². The topological polar surface area (TPSA) is 115 Å². The van der Waals surface area contributed by atoms with Gasteiger partial charge in [0, 0.05) is 5.69 Å². The van der Waals surface area contributed by atoms with Crippen LogP contribution in [0.3, 0.4) is 0 Å². The van der Waals surface area contributed by atoms with Gasteiger partial charge < -0.3 is 16.5 Å². The lowest BCUT2D eigenvalue weighted by Gasteiger charge is -2.11. The highest BCUT2D eigenvalue weighted by molar-refractivity contribution is 7.99. The van der Waals surface area contributed by atoms with Crippen LogP contribution >= 0.6 is 23.1 Å². The Labute approximate surface area is 186 Å². The van der Waals surface area contributed by atoms with Gasteiger partial charge in [-0.3, -0.25) is 9.59 Å². The SMILES string of the molecule is Nn1c(SCC(=O)Nc2ccccc2C(=O)Nc2ccccc2)nnc1-c1cccs1. The molecule has 0 fully saturated rings. The highest BCUT2D eigenvalue weighted by Crippen LogP contribution is 2.25. The van der Waals surface area contributed by atoms with E-state index in [9.17, 15) is 9.59 Å². The van der Waals surface area contributed by atoms with E-state index in [1.54, 1.807) is 36.4 Å². The molecule has 2 aromatic heterocycles. The largest absolute Gasteiger partial charge is 0.335 e. The zero-order valence-electron chi connectivity index (χ0n) is 16.2. The quantitative estimate of drug-likeness (QED) is 0.292. The van der Waals surface area contributed by atoms with Gasteiger partial charge in [-0.25, -0.2) is 4.68 Å². The van der Waals surface area contributed by atoms with E-state index < -0.39 is 0 Å². The second kappa shape index (κ2) is 9.45. The third-order valence-electron chi connectivity index (χ3n) is 4.22. The van der Waals surface area contributed by atoms with Gasteiger partial charge in [-0.15, -0.1) is 21.5 Å². The summed E-state index contributed by atoms with van der Waals surface area (Å²) in [6, 6.07) is 19.8. The van der Waals surface area contributed by atoms with Crippen LogP contribution in [0.2, 0.25) is 0 Å². The lowest BCUT2D eigenvalue weighted by atomic mass is 10.1. The number of hydrogen-bond donors (Lipinski definition) is 3. The van der Waals surface area contributed by atoms with Gasteiger partial charge in [0.1, 0.15) is 0 Å². The number of anilines is 2. The van der Waals surface area contributed by atoms with Crippen LogP contribution in [0.5, 0.6) is 0 Å². The number of nitrogens with one attached hydrogen (secondary N) is 2. The first-order valence-electron chi connectivity index (χ1n) is 9.24. The van der Waals surface area contributed by atoms with Crippen molar-refractivity contribution < 1.29 is 9.59 Å². The summed E-state index contributed by atoms with van der Waals surface area (Å²) in [6.45, 7) is 0. The van der Waals surface area contributed by atoms with Crippen molar-refractivity contribution in [2.24, 2.45) is 0 Å². The minimum atomic E-state index is -0.308. The Bertz CT molecular complexity index is 1190. The first-order valence-corrected chi connectivity index (χ1v) is 11.1. The van der Waals surface area contributed by atoms with Gasteiger partial charge in [0.2, 0.25) is 11.1 Å². The molecule has 4 N–H and O–H groups in total. The summed E-state index contributed by atoms with van der Waals surface area (Å²) in [5.74, 6) is 6.07. The number of carbonyl (C=O) groups is 2. The monoisotopic (exact) mass is 450 g/mol. The van der Waals surface area contributed by atoms with Crippen molar-refractivity contribution in [2.75, 3.05) is 22.2 Å². The molecule has 10 heteroatoms. The number of thioether (sulfide) groups is 1. The molecule has 4 aromatic rings. The van der Waals surface area contributed by atoms with Gasteiger partial charge in [-0.05, 0) is 35.7 Å². The number of nitrogen functional groups attached to an aromatic ring is 1. The van der Waals surface area contributed by atoms with Crippen molar-refractivity contribution in [1.29, 1.82) is 0 Å². The summed E-state index contributed by atoms with van der Waals surface area (Å²) < 4.78 is 1.37. The van der Waals surface area contributed by atoms with Crippen LogP contribution in [-0.2, 0) is 4.79 Å². The predicted molar refractivity (Wildman–Crippen MR) is 124 cm³/mol. The molecular formula is C21H18N6O2S2. The third-order valence-corrected chi connectivity index (χ3v) is 6.02. The smallest absolute Gasteiger partial charge is 0.257 e. The zero-order chi connectivity index (χ0) is 21.6. The second-order valence-electron chi connectivity index (χ2n) is 6.36. The number of carbonyl (C=O) groups excluding carboxylic acids is 2. The van der Waals surface area contributed by atoms with E-state index in [0.717, 1.165) is 4.88 Å². The molecule has 2 amide bonds. The molecule has 4 rings (SSSR count). The van der Waals surface area contributed by atoms with E-state index >= 15 is 0 Å². The molecule has 0 saturated heterocycles. The molecule has 0 aliphatic heterocycles. The standard InChI is InChI=1S/C21H18N6O2S2/c22-27-19(17-11-6-12-30-17)25-26-21(27)31-13-18(28)24-16-10-5-4-9-15(16)20(29)23-14-7-2-1-3-8-14/h1-12H,13,22H2,(H,23,29)(H,24,28). The number of thiophene rings is 1. The minimum Gasteiger partial charge on any atom is -0.335 e. The van der Waals surface area contributed by atoms with Gasteiger partial charge in [-0.1, -0.05) is 48.2 Å². The lowest BCUT2D eigenvalue weighted by Crippen LogP contribution is -2.20. The van der Waals surface area contributed by atoms with Crippen LogP contribution in [0, 0.1) is 0 Å². The molecular weight excluding hydrogens is 432 g/mol. The predicted octanol–water partition coefficient (Wildman–Crippen LogP) is 3.70.